The van der Waals surface area contributed by atoms with Crippen LogP contribution in [0.3, 0.4) is 0 Å². The zero-order chi connectivity index (χ0) is 14.4. The molecular weight excluding hydrogens is 252 g/mol. The van der Waals surface area contributed by atoms with Gasteiger partial charge in [0.1, 0.15) is 0 Å². The maximum atomic E-state index is 11.7. The quantitative estimate of drug-likeness (QED) is 0.742. The number of hydrogen-bond acceptors (Lipinski definition) is 2. The molecule has 1 aliphatic carbocycles. The molecule has 1 fully saturated rings. The number of benzene rings is 1. The lowest BCUT2D eigenvalue weighted by Gasteiger charge is -2.07. The first kappa shape index (κ1) is 14.6. The van der Waals surface area contributed by atoms with E-state index in [1.165, 1.54) is 11.1 Å². The minimum Gasteiger partial charge on any atom is -0.354 e. The summed E-state index contributed by atoms with van der Waals surface area (Å²) in [5.41, 5.74) is 2.40. The third kappa shape index (κ3) is 5.03. The van der Waals surface area contributed by atoms with Gasteiger partial charge in [-0.15, -0.1) is 0 Å². The van der Waals surface area contributed by atoms with Gasteiger partial charge in [-0.2, -0.15) is 0 Å². The Morgan fingerprint density at radius 1 is 1.10 bits per heavy atom. The number of carbonyl (C=O) groups is 2. The Bertz CT molecular complexity index is 464. The molecule has 0 radical (unpaired) electrons. The van der Waals surface area contributed by atoms with Crippen molar-refractivity contribution in [2.45, 2.75) is 32.6 Å². The number of hydrogen-bond donors (Lipinski definition) is 2. The lowest BCUT2D eigenvalue weighted by Crippen LogP contribution is -2.35. The number of nitrogens with one attached hydrogen (secondary N) is 2. The van der Waals surface area contributed by atoms with Crippen LogP contribution in [0.5, 0.6) is 0 Å². The van der Waals surface area contributed by atoms with Gasteiger partial charge in [0.2, 0.25) is 11.8 Å². The zero-order valence-electron chi connectivity index (χ0n) is 11.9. The van der Waals surface area contributed by atoms with Crippen molar-refractivity contribution in [2.75, 3.05) is 13.1 Å². The third-order valence-electron chi connectivity index (χ3n) is 3.46. The van der Waals surface area contributed by atoms with Crippen LogP contribution >= 0.6 is 0 Å². The first-order valence-electron chi connectivity index (χ1n) is 7.25. The highest BCUT2D eigenvalue weighted by Crippen LogP contribution is 2.28. The maximum absolute atomic E-state index is 11.7. The highest BCUT2D eigenvalue weighted by atomic mass is 16.2. The maximum Gasteiger partial charge on any atom is 0.223 e. The van der Waals surface area contributed by atoms with Crippen molar-refractivity contribution in [2.24, 2.45) is 5.92 Å². The largest absolute Gasteiger partial charge is 0.354 e. The molecule has 1 saturated carbocycles. The minimum atomic E-state index is 0.0336. The summed E-state index contributed by atoms with van der Waals surface area (Å²) in [7, 11) is 0. The molecule has 1 aromatic rings. The van der Waals surface area contributed by atoms with E-state index in [0.717, 1.165) is 19.3 Å². The van der Waals surface area contributed by atoms with E-state index in [1.807, 2.05) is 6.92 Å². The lowest BCUT2D eigenvalue weighted by molar-refractivity contribution is -0.123. The van der Waals surface area contributed by atoms with Crippen molar-refractivity contribution >= 4 is 11.8 Å². The highest BCUT2D eigenvalue weighted by Gasteiger charge is 2.28. The van der Waals surface area contributed by atoms with E-state index in [0.29, 0.717) is 19.5 Å². The summed E-state index contributed by atoms with van der Waals surface area (Å²) in [6.45, 7) is 3.07. The van der Waals surface area contributed by atoms with Gasteiger partial charge in [0.05, 0.1) is 0 Å². The van der Waals surface area contributed by atoms with Crippen LogP contribution < -0.4 is 10.6 Å². The first-order valence-corrected chi connectivity index (χ1v) is 7.25. The molecule has 2 N–H and O–H groups in total. The Kier molecular flexibility index (Phi) is 5.16. The van der Waals surface area contributed by atoms with E-state index in [2.05, 4.69) is 34.9 Å². The Morgan fingerprint density at radius 3 is 2.40 bits per heavy atom. The summed E-state index contributed by atoms with van der Waals surface area (Å²) in [5.74, 6) is 0.386. The van der Waals surface area contributed by atoms with E-state index in [4.69, 9.17) is 0 Å². The average molecular weight is 274 g/mol. The van der Waals surface area contributed by atoms with Gasteiger partial charge in [-0.05, 0) is 31.7 Å². The van der Waals surface area contributed by atoms with Crippen molar-refractivity contribution in [3.05, 3.63) is 35.4 Å². The summed E-state index contributed by atoms with van der Waals surface area (Å²) in [6.07, 6.45) is 3.25. The molecule has 4 heteroatoms. The van der Waals surface area contributed by atoms with Crippen LogP contribution in [0.1, 0.15) is 30.4 Å². The van der Waals surface area contributed by atoms with Crippen LogP contribution in [0, 0.1) is 12.8 Å². The fourth-order valence-electron chi connectivity index (χ4n) is 1.98. The molecule has 1 aromatic carbocycles. The molecule has 4 nitrogen and oxygen atoms in total. The molecule has 0 heterocycles. The van der Waals surface area contributed by atoms with Crippen LogP contribution in [-0.4, -0.2) is 24.9 Å². The van der Waals surface area contributed by atoms with Gasteiger partial charge in [0, 0.05) is 25.4 Å². The first-order chi connectivity index (χ1) is 9.65. The molecule has 20 heavy (non-hydrogen) atoms. The molecule has 0 aromatic heterocycles. The molecule has 2 rings (SSSR count). The molecule has 0 aliphatic heterocycles. The number of carbonyl (C=O) groups excluding carboxylic acids is 2. The normalized spacial score (nSPS) is 13.8. The Balaban J connectivity index is 1.55. The van der Waals surface area contributed by atoms with Gasteiger partial charge >= 0.3 is 0 Å². The van der Waals surface area contributed by atoms with Gasteiger partial charge in [0.25, 0.3) is 0 Å². The number of aryl methyl sites for hydroxylation is 2. The van der Waals surface area contributed by atoms with Crippen molar-refractivity contribution < 1.29 is 9.59 Å². The number of rotatable bonds is 7. The van der Waals surface area contributed by atoms with E-state index in [-0.39, 0.29) is 17.7 Å². The molecule has 2 amide bonds. The zero-order valence-corrected chi connectivity index (χ0v) is 11.9. The van der Waals surface area contributed by atoms with Gasteiger partial charge < -0.3 is 10.6 Å². The van der Waals surface area contributed by atoms with E-state index >= 15 is 0 Å². The molecule has 0 spiro atoms. The Labute approximate surface area is 119 Å². The second kappa shape index (κ2) is 7.08. The predicted octanol–water partition coefficient (Wildman–Crippen LogP) is 1.57. The molecule has 0 bridgehead atoms. The fraction of sp³-hybridized carbons (Fsp3) is 0.500. The van der Waals surface area contributed by atoms with Gasteiger partial charge in [-0.1, -0.05) is 29.8 Å². The lowest BCUT2D eigenvalue weighted by atomic mass is 10.1. The van der Waals surface area contributed by atoms with Gasteiger partial charge in [-0.25, -0.2) is 0 Å². The smallest absolute Gasteiger partial charge is 0.223 e. The second-order valence-electron chi connectivity index (χ2n) is 5.40. The highest BCUT2D eigenvalue weighted by molar-refractivity contribution is 5.81. The molecule has 0 unspecified atom stereocenters. The molecule has 108 valence electrons. The Morgan fingerprint density at radius 2 is 1.75 bits per heavy atom. The summed E-state index contributed by atoms with van der Waals surface area (Å²) in [5, 5.41) is 5.65. The van der Waals surface area contributed by atoms with Crippen LogP contribution in [-0.2, 0) is 16.0 Å². The molecule has 1 aliphatic rings. The van der Waals surface area contributed by atoms with Crippen LogP contribution in [0.2, 0.25) is 0 Å². The van der Waals surface area contributed by atoms with Crippen molar-refractivity contribution in [3.8, 4) is 0 Å². The molecule has 0 saturated heterocycles. The summed E-state index contributed by atoms with van der Waals surface area (Å²) in [4.78, 5) is 23.0. The molecule has 0 atom stereocenters. The monoisotopic (exact) mass is 274 g/mol. The van der Waals surface area contributed by atoms with Crippen molar-refractivity contribution in [1.82, 2.24) is 10.6 Å². The van der Waals surface area contributed by atoms with Gasteiger partial charge in [0.15, 0.2) is 0 Å². The minimum absolute atomic E-state index is 0.0336. The van der Waals surface area contributed by atoms with Crippen molar-refractivity contribution in [3.63, 3.8) is 0 Å². The Hall–Kier alpha value is -1.84. The van der Waals surface area contributed by atoms with Gasteiger partial charge in [-0.3, -0.25) is 9.59 Å². The fourth-order valence-corrected chi connectivity index (χ4v) is 1.98. The second-order valence-corrected chi connectivity index (χ2v) is 5.40. The van der Waals surface area contributed by atoms with Crippen LogP contribution in [0.4, 0.5) is 0 Å². The van der Waals surface area contributed by atoms with E-state index < -0.39 is 0 Å². The third-order valence-corrected chi connectivity index (χ3v) is 3.46. The van der Waals surface area contributed by atoms with E-state index in [1.54, 1.807) is 0 Å². The average Bonchev–Trinajstić information content (AvgIpc) is 3.27. The van der Waals surface area contributed by atoms with Crippen LogP contribution in [0.15, 0.2) is 24.3 Å². The standard InChI is InChI=1S/C16H22N2O2/c1-12-2-4-13(5-3-12)6-9-15(19)17-10-11-18-16(20)14-7-8-14/h2-5,14H,6-11H2,1H3,(H,17,19)(H,18,20). The predicted molar refractivity (Wildman–Crippen MR) is 78.2 cm³/mol. The summed E-state index contributed by atoms with van der Waals surface area (Å²) >= 11 is 0. The van der Waals surface area contributed by atoms with Crippen LogP contribution in [0.25, 0.3) is 0 Å². The van der Waals surface area contributed by atoms with Crippen molar-refractivity contribution in [1.29, 1.82) is 0 Å². The summed E-state index contributed by atoms with van der Waals surface area (Å²) in [6, 6.07) is 8.22. The topological polar surface area (TPSA) is 58.2 Å². The number of amides is 2. The SMILES string of the molecule is Cc1ccc(CCC(=O)NCCNC(=O)C2CC2)cc1. The molecular formula is C16H22N2O2. The van der Waals surface area contributed by atoms with E-state index in [9.17, 15) is 9.59 Å². The summed E-state index contributed by atoms with van der Waals surface area (Å²) < 4.78 is 0.